The van der Waals surface area contributed by atoms with Crippen LogP contribution in [0.25, 0.3) is 0 Å². The highest BCUT2D eigenvalue weighted by atomic mass is 32.1. The largest absolute Gasteiger partial charge is 0.380 e. The number of carbonyl (C=O) groups is 1. The second-order valence-corrected chi connectivity index (χ2v) is 9.98. The van der Waals surface area contributed by atoms with Crippen molar-refractivity contribution in [3.63, 3.8) is 0 Å². The summed E-state index contributed by atoms with van der Waals surface area (Å²) in [5.41, 5.74) is -0.0587. The molecule has 2 bridgehead atoms. The Hall–Kier alpha value is -1.18. The van der Waals surface area contributed by atoms with Crippen molar-refractivity contribution >= 4 is 22.4 Å². The molecule has 4 heterocycles. The van der Waals surface area contributed by atoms with Crippen LogP contribution in [-0.4, -0.2) is 58.2 Å². The molecule has 3 atom stereocenters. The average Bonchev–Trinajstić information content (AvgIpc) is 3.38. The van der Waals surface area contributed by atoms with E-state index in [1.54, 1.807) is 18.3 Å². The molecule has 1 amide bonds. The molecule has 1 aliphatic carbocycles. The number of nitrogens with one attached hydrogen (secondary N) is 1. The summed E-state index contributed by atoms with van der Waals surface area (Å²) >= 11 is 1.76. The summed E-state index contributed by atoms with van der Waals surface area (Å²) in [6.07, 6.45) is 7.49. The molecule has 148 valence electrons. The predicted octanol–water partition coefficient (Wildman–Crippen LogP) is 1.91. The lowest BCUT2D eigenvalue weighted by molar-refractivity contribution is -0.156. The second-order valence-electron chi connectivity index (χ2n) is 8.92. The maximum absolute atomic E-state index is 13.1. The third kappa shape index (κ3) is 2.98. The Balaban J connectivity index is 1.33. The summed E-state index contributed by atoms with van der Waals surface area (Å²) in [7, 11) is 0. The molecule has 27 heavy (non-hydrogen) atoms. The van der Waals surface area contributed by atoms with Gasteiger partial charge in [-0.3, -0.25) is 4.79 Å². The molecule has 1 saturated carbocycles. The summed E-state index contributed by atoms with van der Waals surface area (Å²) in [6, 6.07) is 1.13. The van der Waals surface area contributed by atoms with E-state index in [9.17, 15) is 9.90 Å². The summed E-state index contributed by atoms with van der Waals surface area (Å²) in [5, 5.41) is 15.6. The maximum Gasteiger partial charge on any atom is 0.254 e. The fraction of sp³-hybridized carbons (Fsp3) is 0.800. The van der Waals surface area contributed by atoms with Crippen LogP contribution in [0.15, 0.2) is 0 Å². The van der Waals surface area contributed by atoms with Gasteiger partial charge in [0.2, 0.25) is 0 Å². The minimum atomic E-state index is -1.22. The first-order valence-corrected chi connectivity index (χ1v) is 11.3. The van der Waals surface area contributed by atoms with Gasteiger partial charge in [-0.05, 0) is 38.5 Å². The van der Waals surface area contributed by atoms with Crippen molar-refractivity contribution in [1.29, 1.82) is 0 Å². The van der Waals surface area contributed by atoms with Gasteiger partial charge in [-0.1, -0.05) is 24.2 Å². The Morgan fingerprint density at radius 3 is 2.63 bits per heavy atom. The Morgan fingerprint density at radius 1 is 1.22 bits per heavy atom. The number of nitrogens with zero attached hydrogens (tertiary/aromatic N) is 3. The summed E-state index contributed by atoms with van der Waals surface area (Å²) in [4.78, 5) is 23.7. The number of hydrogen-bond donors (Lipinski definition) is 2. The topological polar surface area (TPSA) is 68.7 Å². The molecule has 0 radical (unpaired) electrons. The zero-order valence-corrected chi connectivity index (χ0v) is 16.9. The van der Waals surface area contributed by atoms with Crippen molar-refractivity contribution in [2.45, 2.75) is 76.1 Å². The van der Waals surface area contributed by atoms with E-state index in [0.717, 1.165) is 56.0 Å². The Kier molecular flexibility index (Phi) is 4.44. The van der Waals surface area contributed by atoms with Crippen LogP contribution < -0.4 is 10.2 Å². The van der Waals surface area contributed by atoms with Crippen LogP contribution in [0.2, 0.25) is 0 Å². The number of hydrogen-bond acceptors (Lipinski definition) is 6. The smallest absolute Gasteiger partial charge is 0.254 e. The molecule has 4 aliphatic rings. The van der Waals surface area contributed by atoms with Crippen LogP contribution in [0.4, 0.5) is 5.13 Å². The number of rotatable bonds is 3. The van der Waals surface area contributed by atoms with Gasteiger partial charge in [0.25, 0.3) is 5.91 Å². The van der Waals surface area contributed by atoms with Gasteiger partial charge in [-0.25, -0.2) is 4.98 Å². The van der Waals surface area contributed by atoms with Gasteiger partial charge in [0.15, 0.2) is 5.13 Å². The van der Waals surface area contributed by atoms with Crippen LogP contribution >= 0.6 is 11.3 Å². The van der Waals surface area contributed by atoms with E-state index in [0.29, 0.717) is 25.2 Å². The number of amides is 1. The monoisotopic (exact) mass is 390 g/mol. The highest BCUT2D eigenvalue weighted by Gasteiger charge is 2.44. The molecule has 3 aliphatic heterocycles. The van der Waals surface area contributed by atoms with E-state index in [-0.39, 0.29) is 11.8 Å². The standard InChI is InChI=1S/C20H30N4O2S/c1-20(26,13-4-2-3-5-13)18(25)23-9-8-16-17(12-23)27-19(22-16)24-14-6-7-15(24)11-21-10-14/h13-15,21,26H,2-12H2,1H3. The number of anilines is 1. The van der Waals surface area contributed by atoms with Gasteiger partial charge in [-0.2, -0.15) is 0 Å². The highest BCUT2D eigenvalue weighted by Crippen LogP contribution is 2.39. The van der Waals surface area contributed by atoms with Crippen LogP contribution in [0.5, 0.6) is 0 Å². The first kappa shape index (κ1) is 17.9. The van der Waals surface area contributed by atoms with E-state index < -0.39 is 5.60 Å². The normalized spacial score (nSPS) is 30.4. The van der Waals surface area contributed by atoms with Crippen LogP contribution in [-0.2, 0) is 17.8 Å². The van der Waals surface area contributed by atoms with Crippen molar-refractivity contribution in [3.8, 4) is 0 Å². The fourth-order valence-electron chi connectivity index (χ4n) is 5.54. The second kappa shape index (κ2) is 6.71. The molecule has 2 N–H and O–H groups in total. The van der Waals surface area contributed by atoms with Gasteiger partial charge in [-0.15, -0.1) is 0 Å². The first-order chi connectivity index (χ1) is 13.0. The van der Waals surface area contributed by atoms with Gasteiger partial charge in [0, 0.05) is 43.0 Å². The molecule has 6 nitrogen and oxygen atoms in total. The molecule has 0 aromatic carbocycles. The number of piperazine rings is 1. The van der Waals surface area contributed by atoms with E-state index in [4.69, 9.17) is 4.98 Å². The van der Waals surface area contributed by atoms with Gasteiger partial charge in [0.05, 0.1) is 12.2 Å². The maximum atomic E-state index is 13.1. The van der Waals surface area contributed by atoms with E-state index >= 15 is 0 Å². The van der Waals surface area contributed by atoms with Crippen molar-refractivity contribution < 1.29 is 9.90 Å². The van der Waals surface area contributed by atoms with Gasteiger partial charge < -0.3 is 20.2 Å². The molecule has 1 aromatic rings. The highest BCUT2D eigenvalue weighted by molar-refractivity contribution is 7.15. The van der Waals surface area contributed by atoms with E-state index in [2.05, 4.69) is 10.2 Å². The molecule has 0 spiro atoms. The SMILES string of the molecule is CC(O)(C(=O)N1CCc2nc(N3C4CCC3CNC4)sc2C1)C1CCCC1. The van der Waals surface area contributed by atoms with Crippen molar-refractivity contribution in [1.82, 2.24) is 15.2 Å². The number of thiazole rings is 1. The minimum Gasteiger partial charge on any atom is -0.380 e. The van der Waals surface area contributed by atoms with Gasteiger partial charge >= 0.3 is 0 Å². The van der Waals surface area contributed by atoms with Crippen LogP contribution in [0, 0.1) is 5.92 Å². The summed E-state index contributed by atoms with van der Waals surface area (Å²) in [5.74, 6) is 0.0251. The molecular formula is C20H30N4O2S. The fourth-order valence-corrected chi connectivity index (χ4v) is 6.80. The van der Waals surface area contributed by atoms with Crippen molar-refractivity contribution in [2.75, 3.05) is 24.5 Å². The molecule has 2 saturated heterocycles. The average molecular weight is 391 g/mol. The zero-order valence-electron chi connectivity index (χ0n) is 16.1. The Labute approximate surface area is 164 Å². The molecule has 3 fully saturated rings. The third-order valence-electron chi connectivity index (χ3n) is 7.19. The molecular weight excluding hydrogens is 360 g/mol. The third-order valence-corrected chi connectivity index (χ3v) is 8.29. The molecule has 3 unspecified atom stereocenters. The summed E-state index contributed by atoms with van der Waals surface area (Å²) < 4.78 is 0. The molecule has 1 aromatic heterocycles. The number of carbonyl (C=O) groups excluding carboxylic acids is 1. The Morgan fingerprint density at radius 2 is 1.93 bits per heavy atom. The minimum absolute atomic E-state index is 0.0859. The quantitative estimate of drug-likeness (QED) is 0.825. The lowest BCUT2D eigenvalue weighted by Crippen LogP contribution is -2.52. The number of fused-ring (bicyclic) bond motifs is 3. The number of aliphatic hydroxyl groups is 1. The zero-order chi connectivity index (χ0) is 18.6. The number of aromatic nitrogens is 1. The van der Waals surface area contributed by atoms with E-state index in [1.807, 2.05) is 4.90 Å². The van der Waals surface area contributed by atoms with Crippen LogP contribution in [0.3, 0.4) is 0 Å². The summed E-state index contributed by atoms with van der Waals surface area (Å²) in [6.45, 7) is 5.12. The van der Waals surface area contributed by atoms with Crippen molar-refractivity contribution in [2.24, 2.45) is 5.92 Å². The van der Waals surface area contributed by atoms with E-state index in [1.165, 1.54) is 17.7 Å². The molecule has 5 rings (SSSR count). The Bertz CT molecular complexity index is 712. The van der Waals surface area contributed by atoms with Gasteiger partial charge in [0.1, 0.15) is 5.60 Å². The predicted molar refractivity (Wildman–Crippen MR) is 106 cm³/mol. The van der Waals surface area contributed by atoms with Crippen molar-refractivity contribution in [3.05, 3.63) is 10.6 Å². The lowest BCUT2D eigenvalue weighted by Gasteiger charge is -2.36. The molecule has 7 heteroatoms. The first-order valence-electron chi connectivity index (χ1n) is 10.5. The van der Waals surface area contributed by atoms with Crippen LogP contribution in [0.1, 0.15) is 56.0 Å². The lowest BCUT2D eigenvalue weighted by atomic mass is 9.86.